The number of ether oxygens (including phenoxy) is 2. The Morgan fingerprint density at radius 2 is 1.66 bits per heavy atom. The number of epoxide rings is 1. The summed E-state index contributed by atoms with van der Waals surface area (Å²) in [6, 6.07) is 0. The Balaban J connectivity index is 1.41. The lowest BCUT2D eigenvalue weighted by molar-refractivity contribution is -0.195. The average Bonchev–Trinajstić information content (AvgIpc) is 3.52. The van der Waals surface area contributed by atoms with Gasteiger partial charge in [0.05, 0.1) is 12.2 Å². The van der Waals surface area contributed by atoms with Gasteiger partial charge in [-0.1, -0.05) is 67.0 Å². The minimum absolute atomic E-state index is 0.00194. The summed E-state index contributed by atoms with van der Waals surface area (Å²) >= 11 is 0. The number of fused-ring (bicyclic) bond motifs is 10. The topological polar surface area (TPSA) is 38.8 Å². The molecule has 3 heteroatoms. The van der Waals surface area contributed by atoms with E-state index in [1.54, 1.807) is 12.5 Å². The molecule has 5 fully saturated rings. The fourth-order valence-corrected chi connectivity index (χ4v) is 11.6. The van der Waals surface area contributed by atoms with E-state index in [-0.39, 0.29) is 33.7 Å². The maximum absolute atomic E-state index is 11.9. The van der Waals surface area contributed by atoms with Crippen LogP contribution in [0.15, 0.2) is 11.6 Å². The molecule has 0 aromatic carbocycles. The number of esters is 1. The van der Waals surface area contributed by atoms with Crippen molar-refractivity contribution in [3.63, 3.8) is 0 Å². The van der Waals surface area contributed by atoms with Crippen molar-refractivity contribution in [2.24, 2.45) is 50.2 Å². The standard InChI is InChI=1S/C32H50O3/c1-19(33)34-23-12-15-30(7)20(28(23,4)5)11-14-31(8)21-10-13-29(6)17-16-27(2,3)18-22(29)32(21,9)26-24(35-26)25(30)31/h10,20,22-26H,11-18H2,1-9H3/t20-,22+,23-,24-,25+,26-,29-,30-,31-,32+/m0/s1. The van der Waals surface area contributed by atoms with E-state index in [0.717, 1.165) is 12.8 Å². The molecule has 0 bridgehead atoms. The number of carbonyl (C=O) groups is 1. The van der Waals surface area contributed by atoms with Gasteiger partial charge in [-0.15, -0.1) is 0 Å². The van der Waals surface area contributed by atoms with Crippen LogP contribution in [0.3, 0.4) is 0 Å². The zero-order chi connectivity index (χ0) is 25.4. The number of rotatable bonds is 1. The smallest absolute Gasteiger partial charge is 0.302 e. The average molecular weight is 483 g/mol. The van der Waals surface area contributed by atoms with Crippen molar-refractivity contribution in [3.05, 3.63) is 11.6 Å². The Kier molecular flexibility index (Phi) is 4.88. The first-order valence-corrected chi connectivity index (χ1v) is 14.6. The van der Waals surface area contributed by atoms with E-state index in [0.29, 0.717) is 40.8 Å². The summed E-state index contributed by atoms with van der Waals surface area (Å²) in [4.78, 5) is 11.9. The van der Waals surface area contributed by atoms with Crippen LogP contribution in [0.25, 0.3) is 0 Å². The molecule has 1 heterocycles. The summed E-state index contributed by atoms with van der Waals surface area (Å²) in [6.07, 6.45) is 13.4. The van der Waals surface area contributed by atoms with E-state index >= 15 is 0 Å². The van der Waals surface area contributed by atoms with Gasteiger partial charge in [-0.3, -0.25) is 4.79 Å². The number of hydrogen-bond acceptors (Lipinski definition) is 3. The molecule has 10 atom stereocenters. The van der Waals surface area contributed by atoms with Crippen molar-refractivity contribution >= 4 is 5.97 Å². The van der Waals surface area contributed by atoms with Gasteiger partial charge in [-0.05, 0) is 84.9 Å². The molecule has 3 nitrogen and oxygen atoms in total. The summed E-state index contributed by atoms with van der Waals surface area (Å²) in [5.74, 6) is 1.71. The predicted octanol–water partition coefficient (Wildman–Crippen LogP) is 7.73. The van der Waals surface area contributed by atoms with Gasteiger partial charge in [-0.25, -0.2) is 0 Å². The summed E-state index contributed by atoms with van der Waals surface area (Å²) in [7, 11) is 0. The van der Waals surface area contributed by atoms with Crippen LogP contribution in [-0.2, 0) is 14.3 Å². The second-order valence-corrected chi connectivity index (χ2v) is 16.2. The normalized spacial score (nSPS) is 55.2. The fraction of sp³-hybridized carbons (Fsp3) is 0.906. The van der Waals surface area contributed by atoms with E-state index in [2.05, 4.69) is 61.5 Å². The van der Waals surface area contributed by atoms with Crippen molar-refractivity contribution in [3.8, 4) is 0 Å². The van der Waals surface area contributed by atoms with Gasteiger partial charge in [0.15, 0.2) is 0 Å². The van der Waals surface area contributed by atoms with Crippen molar-refractivity contribution in [1.82, 2.24) is 0 Å². The summed E-state index contributed by atoms with van der Waals surface area (Å²) in [5.41, 5.74) is 3.23. The first kappa shape index (κ1) is 24.5. The number of carbonyl (C=O) groups excluding carboxylic acids is 1. The van der Waals surface area contributed by atoms with Crippen LogP contribution in [0, 0.1) is 50.2 Å². The zero-order valence-electron chi connectivity index (χ0n) is 23.9. The molecule has 1 saturated heterocycles. The van der Waals surface area contributed by atoms with Gasteiger partial charge < -0.3 is 9.47 Å². The molecule has 196 valence electrons. The highest BCUT2D eigenvalue weighted by atomic mass is 16.6. The Morgan fingerprint density at radius 1 is 0.943 bits per heavy atom. The summed E-state index contributed by atoms with van der Waals surface area (Å²) in [5, 5.41) is 0. The third-order valence-electron chi connectivity index (χ3n) is 13.2. The maximum Gasteiger partial charge on any atom is 0.302 e. The molecule has 0 unspecified atom stereocenters. The fourth-order valence-electron chi connectivity index (χ4n) is 11.6. The SMILES string of the molecule is CC(=O)O[C@H]1CC[C@]2(C)[C@H]3[C@@H]4O[C@@H]4[C@]4(C)C(=CC[C@@]5(C)CCC(C)(C)C[C@H]54)[C@]3(C)CC[C@H]2C1(C)C. The minimum Gasteiger partial charge on any atom is -0.462 e. The molecule has 0 spiro atoms. The van der Waals surface area contributed by atoms with E-state index in [9.17, 15) is 4.79 Å². The predicted molar refractivity (Wildman–Crippen MR) is 140 cm³/mol. The van der Waals surface area contributed by atoms with E-state index in [4.69, 9.17) is 9.47 Å². The van der Waals surface area contributed by atoms with Crippen molar-refractivity contribution in [2.75, 3.05) is 0 Å². The van der Waals surface area contributed by atoms with Crippen LogP contribution in [0.2, 0.25) is 0 Å². The summed E-state index contributed by atoms with van der Waals surface area (Å²) in [6.45, 7) is 21.7. The minimum atomic E-state index is -0.128. The molecule has 35 heavy (non-hydrogen) atoms. The molecule has 0 amide bonds. The molecule has 5 aliphatic carbocycles. The molecule has 0 N–H and O–H groups in total. The lowest BCUT2D eigenvalue weighted by atomic mass is 9.34. The van der Waals surface area contributed by atoms with Gasteiger partial charge in [0.25, 0.3) is 0 Å². The second kappa shape index (κ2) is 6.97. The van der Waals surface area contributed by atoms with Crippen LogP contribution in [0.1, 0.15) is 114 Å². The van der Waals surface area contributed by atoms with Gasteiger partial charge in [0.1, 0.15) is 6.10 Å². The Morgan fingerprint density at radius 3 is 2.34 bits per heavy atom. The third-order valence-corrected chi connectivity index (χ3v) is 13.2. The quantitative estimate of drug-likeness (QED) is 0.218. The van der Waals surface area contributed by atoms with Crippen LogP contribution < -0.4 is 0 Å². The third kappa shape index (κ3) is 3.03. The highest BCUT2D eigenvalue weighted by Gasteiger charge is 2.77. The van der Waals surface area contributed by atoms with Crippen molar-refractivity contribution in [2.45, 2.75) is 132 Å². The van der Waals surface area contributed by atoms with Crippen molar-refractivity contribution in [1.29, 1.82) is 0 Å². The first-order chi connectivity index (χ1) is 16.1. The van der Waals surface area contributed by atoms with E-state index in [1.807, 2.05) is 0 Å². The number of hydrogen-bond donors (Lipinski definition) is 0. The van der Waals surface area contributed by atoms with Crippen LogP contribution in [0.5, 0.6) is 0 Å². The Labute approximate surface area is 214 Å². The van der Waals surface area contributed by atoms with Crippen LogP contribution >= 0.6 is 0 Å². The largest absolute Gasteiger partial charge is 0.462 e. The van der Waals surface area contributed by atoms with Crippen molar-refractivity contribution < 1.29 is 14.3 Å². The first-order valence-electron chi connectivity index (χ1n) is 14.6. The lowest BCUT2D eigenvalue weighted by Crippen LogP contribution is -2.65. The summed E-state index contributed by atoms with van der Waals surface area (Å²) < 4.78 is 12.8. The lowest BCUT2D eigenvalue weighted by Gasteiger charge is -2.69. The molecule has 0 aromatic rings. The molecule has 0 radical (unpaired) electrons. The monoisotopic (exact) mass is 482 g/mol. The highest BCUT2D eigenvalue weighted by Crippen LogP contribution is 2.78. The van der Waals surface area contributed by atoms with Crippen LogP contribution in [-0.4, -0.2) is 24.3 Å². The molecule has 1 aliphatic heterocycles. The Hall–Kier alpha value is -0.830. The maximum atomic E-state index is 11.9. The highest BCUT2D eigenvalue weighted by molar-refractivity contribution is 5.66. The second-order valence-electron chi connectivity index (χ2n) is 16.2. The van der Waals surface area contributed by atoms with Gasteiger partial charge >= 0.3 is 5.97 Å². The van der Waals surface area contributed by atoms with Gasteiger partial charge in [-0.2, -0.15) is 0 Å². The van der Waals surface area contributed by atoms with Gasteiger partial charge in [0, 0.05) is 23.7 Å². The van der Waals surface area contributed by atoms with Crippen LogP contribution in [0.4, 0.5) is 0 Å². The molecular formula is C32H50O3. The Bertz CT molecular complexity index is 977. The number of allylic oxidation sites excluding steroid dienone is 1. The molecule has 6 rings (SSSR count). The molecular weight excluding hydrogens is 432 g/mol. The van der Waals surface area contributed by atoms with E-state index < -0.39 is 0 Å². The molecule has 0 aromatic heterocycles. The molecule has 6 aliphatic rings. The van der Waals surface area contributed by atoms with Gasteiger partial charge in [0.2, 0.25) is 0 Å². The molecule has 4 saturated carbocycles. The zero-order valence-corrected chi connectivity index (χ0v) is 23.9. The van der Waals surface area contributed by atoms with E-state index in [1.165, 1.54) is 38.5 Å².